The van der Waals surface area contributed by atoms with Gasteiger partial charge < -0.3 is 4.90 Å². The van der Waals surface area contributed by atoms with E-state index in [1.54, 1.807) is 9.80 Å². The molecule has 4 nitrogen and oxygen atoms in total. The lowest BCUT2D eigenvalue weighted by molar-refractivity contribution is -0.144. The van der Waals surface area contributed by atoms with Gasteiger partial charge in [0.2, 0.25) is 0 Å². The highest BCUT2D eigenvalue weighted by Gasteiger charge is 2.27. The first-order valence-corrected chi connectivity index (χ1v) is 9.42. The van der Waals surface area contributed by atoms with Crippen LogP contribution in [-0.4, -0.2) is 23.3 Å². The van der Waals surface area contributed by atoms with E-state index < -0.39 is 11.8 Å². The molecule has 4 heteroatoms. The first-order valence-electron chi connectivity index (χ1n) is 9.42. The number of rotatable bonds is 6. The van der Waals surface area contributed by atoms with Crippen molar-refractivity contribution in [2.75, 3.05) is 11.4 Å². The molecule has 0 aliphatic heterocycles. The van der Waals surface area contributed by atoms with Gasteiger partial charge in [-0.1, -0.05) is 78.9 Å². The van der Waals surface area contributed by atoms with Crippen molar-refractivity contribution in [3.63, 3.8) is 0 Å². The minimum Gasteiger partial charge on any atom is -0.330 e. The molecule has 0 saturated heterocycles. The Labute approximate surface area is 166 Å². The first kappa shape index (κ1) is 19.4. The maximum atomic E-state index is 13.2. The fraction of sp³-hybridized carbons (Fsp3) is 0.167. The summed E-state index contributed by atoms with van der Waals surface area (Å²) in [6, 6.07) is 28.7. The monoisotopic (exact) mass is 372 g/mol. The number of para-hydroxylation sites is 1. The van der Waals surface area contributed by atoms with Crippen LogP contribution in [0.3, 0.4) is 0 Å². The topological polar surface area (TPSA) is 40.6 Å². The van der Waals surface area contributed by atoms with Crippen LogP contribution in [0.15, 0.2) is 91.0 Å². The van der Waals surface area contributed by atoms with Crippen molar-refractivity contribution in [3.8, 4) is 0 Å². The molecule has 0 saturated carbocycles. The fourth-order valence-corrected chi connectivity index (χ4v) is 3.04. The Morgan fingerprint density at radius 1 is 0.643 bits per heavy atom. The summed E-state index contributed by atoms with van der Waals surface area (Å²) in [4.78, 5) is 29.3. The predicted octanol–water partition coefficient (Wildman–Crippen LogP) is 4.27. The van der Waals surface area contributed by atoms with Gasteiger partial charge in [0, 0.05) is 18.8 Å². The molecule has 3 rings (SSSR count). The Balaban J connectivity index is 1.83. The van der Waals surface area contributed by atoms with Crippen LogP contribution < -0.4 is 4.90 Å². The average Bonchev–Trinajstić information content (AvgIpc) is 2.77. The number of carbonyl (C=O) groups excluding carboxylic acids is 2. The van der Waals surface area contributed by atoms with E-state index in [2.05, 4.69) is 0 Å². The molecule has 0 bridgehead atoms. The largest absolute Gasteiger partial charge is 0.330 e. The first-order chi connectivity index (χ1) is 13.7. The summed E-state index contributed by atoms with van der Waals surface area (Å²) in [6.45, 7) is 3.11. The van der Waals surface area contributed by atoms with E-state index in [1.807, 2.05) is 97.9 Å². The molecular formula is C24H24N2O2. The van der Waals surface area contributed by atoms with Gasteiger partial charge in [0.25, 0.3) is 0 Å². The highest BCUT2D eigenvalue weighted by Crippen LogP contribution is 2.18. The van der Waals surface area contributed by atoms with E-state index in [1.165, 1.54) is 0 Å². The van der Waals surface area contributed by atoms with Crippen LogP contribution in [0.2, 0.25) is 0 Å². The van der Waals surface area contributed by atoms with Gasteiger partial charge >= 0.3 is 11.8 Å². The molecule has 0 atom stereocenters. The Kier molecular flexibility index (Phi) is 6.58. The zero-order valence-electron chi connectivity index (χ0n) is 16.0. The lowest BCUT2D eigenvalue weighted by atomic mass is 10.1. The molecule has 0 aliphatic rings. The van der Waals surface area contributed by atoms with Gasteiger partial charge in [-0.3, -0.25) is 14.5 Å². The highest BCUT2D eigenvalue weighted by atomic mass is 16.2. The van der Waals surface area contributed by atoms with Gasteiger partial charge in [0.15, 0.2) is 0 Å². The third kappa shape index (κ3) is 4.86. The quantitative estimate of drug-likeness (QED) is 0.607. The Morgan fingerprint density at radius 3 is 1.61 bits per heavy atom. The van der Waals surface area contributed by atoms with E-state index >= 15 is 0 Å². The van der Waals surface area contributed by atoms with E-state index in [9.17, 15) is 9.59 Å². The second-order valence-electron chi connectivity index (χ2n) is 6.52. The number of hydrogen-bond acceptors (Lipinski definition) is 2. The Hall–Kier alpha value is -3.40. The molecule has 3 aromatic rings. The SMILES string of the molecule is CCN(Cc1ccccc1)C(=O)C(=O)N(Cc1ccccc1)c1ccccc1. The summed E-state index contributed by atoms with van der Waals surface area (Å²) in [5, 5.41) is 0. The van der Waals surface area contributed by atoms with E-state index in [-0.39, 0.29) is 0 Å². The van der Waals surface area contributed by atoms with Crippen molar-refractivity contribution >= 4 is 17.5 Å². The van der Waals surface area contributed by atoms with Gasteiger partial charge in [-0.25, -0.2) is 0 Å². The van der Waals surface area contributed by atoms with Crippen LogP contribution in [0.1, 0.15) is 18.1 Å². The number of benzene rings is 3. The molecule has 0 unspecified atom stereocenters. The summed E-state index contributed by atoms with van der Waals surface area (Å²) in [7, 11) is 0. The zero-order chi connectivity index (χ0) is 19.8. The maximum absolute atomic E-state index is 13.2. The van der Waals surface area contributed by atoms with Crippen molar-refractivity contribution in [1.82, 2.24) is 4.90 Å². The number of nitrogens with zero attached hydrogens (tertiary/aromatic N) is 2. The molecule has 0 aromatic heterocycles. The molecule has 142 valence electrons. The summed E-state index contributed by atoms with van der Waals surface area (Å²) in [6.07, 6.45) is 0. The summed E-state index contributed by atoms with van der Waals surface area (Å²) < 4.78 is 0. The third-order valence-corrected chi connectivity index (χ3v) is 4.56. The second-order valence-corrected chi connectivity index (χ2v) is 6.52. The van der Waals surface area contributed by atoms with E-state index in [0.717, 1.165) is 11.1 Å². The third-order valence-electron chi connectivity index (χ3n) is 4.56. The van der Waals surface area contributed by atoms with E-state index in [0.29, 0.717) is 25.3 Å². The molecule has 2 amide bonds. The predicted molar refractivity (Wildman–Crippen MR) is 112 cm³/mol. The molecule has 0 aliphatic carbocycles. The van der Waals surface area contributed by atoms with Crippen LogP contribution in [0.5, 0.6) is 0 Å². The molecule has 0 fully saturated rings. The number of hydrogen-bond donors (Lipinski definition) is 0. The second kappa shape index (κ2) is 9.51. The van der Waals surface area contributed by atoms with Crippen LogP contribution in [-0.2, 0) is 22.7 Å². The van der Waals surface area contributed by atoms with Crippen LogP contribution in [0.25, 0.3) is 0 Å². The number of likely N-dealkylation sites (N-methyl/N-ethyl adjacent to an activating group) is 1. The minimum atomic E-state index is -0.521. The fourth-order valence-electron chi connectivity index (χ4n) is 3.04. The van der Waals surface area contributed by atoms with Crippen molar-refractivity contribution in [2.45, 2.75) is 20.0 Å². The molecule has 0 N–H and O–H groups in total. The molecular weight excluding hydrogens is 348 g/mol. The molecule has 0 spiro atoms. The zero-order valence-corrected chi connectivity index (χ0v) is 16.0. The van der Waals surface area contributed by atoms with Crippen molar-refractivity contribution < 1.29 is 9.59 Å². The summed E-state index contributed by atoms with van der Waals surface area (Å²) in [5.74, 6) is -1.01. The number of carbonyl (C=O) groups is 2. The average molecular weight is 372 g/mol. The highest BCUT2D eigenvalue weighted by molar-refractivity contribution is 6.40. The Bertz CT molecular complexity index is 896. The number of anilines is 1. The van der Waals surface area contributed by atoms with Crippen molar-refractivity contribution in [2.24, 2.45) is 0 Å². The number of amides is 2. The van der Waals surface area contributed by atoms with Crippen LogP contribution >= 0.6 is 0 Å². The lowest BCUT2D eigenvalue weighted by Crippen LogP contribution is -2.45. The lowest BCUT2D eigenvalue weighted by Gasteiger charge is -2.26. The van der Waals surface area contributed by atoms with Gasteiger partial charge in [-0.05, 0) is 30.2 Å². The minimum absolute atomic E-state index is 0.346. The summed E-state index contributed by atoms with van der Waals surface area (Å²) in [5.41, 5.74) is 2.68. The van der Waals surface area contributed by atoms with Gasteiger partial charge in [0.1, 0.15) is 0 Å². The summed E-state index contributed by atoms with van der Waals surface area (Å²) >= 11 is 0. The van der Waals surface area contributed by atoms with Gasteiger partial charge in [0.05, 0.1) is 6.54 Å². The van der Waals surface area contributed by atoms with Crippen molar-refractivity contribution in [1.29, 1.82) is 0 Å². The molecule has 3 aromatic carbocycles. The molecule has 28 heavy (non-hydrogen) atoms. The normalized spacial score (nSPS) is 10.3. The maximum Gasteiger partial charge on any atom is 0.316 e. The standard InChI is InChI=1S/C24H24N2O2/c1-2-25(18-20-12-6-3-7-13-20)23(27)24(28)26(22-16-10-5-11-17-22)19-21-14-8-4-9-15-21/h3-17H,2,18-19H2,1H3. The smallest absolute Gasteiger partial charge is 0.316 e. The van der Waals surface area contributed by atoms with Crippen molar-refractivity contribution in [3.05, 3.63) is 102 Å². The van der Waals surface area contributed by atoms with Gasteiger partial charge in [-0.15, -0.1) is 0 Å². The van der Waals surface area contributed by atoms with E-state index in [4.69, 9.17) is 0 Å². The van der Waals surface area contributed by atoms with Crippen LogP contribution in [0.4, 0.5) is 5.69 Å². The molecule has 0 heterocycles. The molecule has 0 radical (unpaired) electrons. The Morgan fingerprint density at radius 2 is 1.11 bits per heavy atom. The van der Waals surface area contributed by atoms with Crippen LogP contribution in [0, 0.1) is 0 Å². The van der Waals surface area contributed by atoms with Gasteiger partial charge in [-0.2, -0.15) is 0 Å².